The molecular formula is C12H15NO4. The van der Waals surface area contributed by atoms with Crippen LogP contribution in [0.2, 0.25) is 0 Å². The van der Waals surface area contributed by atoms with Crippen molar-refractivity contribution in [1.82, 2.24) is 0 Å². The summed E-state index contributed by atoms with van der Waals surface area (Å²) in [6, 6.07) is 6.38. The summed E-state index contributed by atoms with van der Waals surface area (Å²) in [7, 11) is 0. The first-order valence-corrected chi connectivity index (χ1v) is 5.35. The first-order chi connectivity index (χ1) is 8.17. The van der Waals surface area contributed by atoms with Crippen LogP contribution in [0, 0.1) is 0 Å². The number of aliphatic hydroxyl groups excluding tert-OH is 1. The van der Waals surface area contributed by atoms with E-state index in [2.05, 4.69) is 5.32 Å². The molecule has 1 aromatic rings. The third-order valence-corrected chi connectivity index (χ3v) is 2.02. The average molecular weight is 237 g/mol. The molecule has 1 aromatic carbocycles. The Morgan fingerprint density at radius 3 is 2.47 bits per heavy atom. The first-order valence-electron chi connectivity index (χ1n) is 5.35. The molecule has 0 radical (unpaired) electrons. The van der Waals surface area contributed by atoms with Gasteiger partial charge in [0.1, 0.15) is 0 Å². The van der Waals surface area contributed by atoms with E-state index in [4.69, 9.17) is 9.84 Å². The number of carbonyl (C=O) groups excluding carboxylic acids is 2. The molecule has 5 nitrogen and oxygen atoms in total. The summed E-state index contributed by atoms with van der Waals surface area (Å²) in [6.07, 6.45) is 0.0552. The Morgan fingerprint density at radius 2 is 1.94 bits per heavy atom. The quantitative estimate of drug-likeness (QED) is 0.754. The minimum absolute atomic E-state index is 0.0552. The van der Waals surface area contributed by atoms with E-state index in [-0.39, 0.29) is 24.9 Å². The van der Waals surface area contributed by atoms with E-state index in [0.717, 1.165) is 0 Å². The summed E-state index contributed by atoms with van der Waals surface area (Å²) < 4.78 is 4.83. The van der Waals surface area contributed by atoms with E-state index >= 15 is 0 Å². The van der Waals surface area contributed by atoms with Gasteiger partial charge in [0.15, 0.2) is 0 Å². The van der Waals surface area contributed by atoms with Crippen LogP contribution in [-0.4, -0.2) is 30.2 Å². The molecular weight excluding hydrogens is 222 g/mol. The Morgan fingerprint density at radius 1 is 1.29 bits per heavy atom. The maximum absolute atomic E-state index is 11.3. The van der Waals surface area contributed by atoms with Gasteiger partial charge in [-0.3, -0.25) is 4.79 Å². The molecule has 0 aliphatic heterocycles. The zero-order valence-corrected chi connectivity index (χ0v) is 9.60. The number of anilines is 1. The number of ether oxygens (including phenoxy) is 1. The molecule has 17 heavy (non-hydrogen) atoms. The van der Waals surface area contributed by atoms with Crippen molar-refractivity contribution in [3.05, 3.63) is 29.8 Å². The normalized spacial score (nSPS) is 9.76. The van der Waals surface area contributed by atoms with Crippen molar-refractivity contribution in [1.29, 1.82) is 0 Å². The second-order valence-electron chi connectivity index (χ2n) is 3.32. The van der Waals surface area contributed by atoms with E-state index in [1.165, 1.54) is 0 Å². The van der Waals surface area contributed by atoms with Gasteiger partial charge in [-0.15, -0.1) is 0 Å². The van der Waals surface area contributed by atoms with Gasteiger partial charge in [-0.05, 0) is 31.2 Å². The van der Waals surface area contributed by atoms with E-state index in [9.17, 15) is 9.59 Å². The molecule has 5 heteroatoms. The lowest BCUT2D eigenvalue weighted by Crippen LogP contribution is -2.13. The molecule has 0 heterocycles. The lowest BCUT2D eigenvalue weighted by Gasteiger charge is -2.05. The highest BCUT2D eigenvalue weighted by Gasteiger charge is 2.06. The van der Waals surface area contributed by atoms with Crippen molar-refractivity contribution >= 4 is 17.6 Å². The van der Waals surface area contributed by atoms with Crippen LogP contribution < -0.4 is 5.32 Å². The zero-order chi connectivity index (χ0) is 12.7. The fourth-order valence-corrected chi connectivity index (χ4v) is 1.23. The SMILES string of the molecule is CCOC(=O)c1ccc(NC(=O)CCO)cc1. The van der Waals surface area contributed by atoms with Gasteiger partial charge in [0.25, 0.3) is 0 Å². The summed E-state index contributed by atoms with van der Waals surface area (Å²) in [5, 5.41) is 11.2. The zero-order valence-electron chi connectivity index (χ0n) is 9.60. The molecule has 0 saturated carbocycles. The number of nitrogens with one attached hydrogen (secondary N) is 1. The van der Waals surface area contributed by atoms with Crippen LogP contribution in [0.4, 0.5) is 5.69 Å². The van der Waals surface area contributed by atoms with Crippen LogP contribution in [0.5, 0.6) is 0 Å². The Kier molecular flexibility index (Phi) is 5.16. The molecule has 0 saturated heterocycles. The molecule has 0 aromatic heterocycles. The van der Waals surface area contributed by atoms with Crippen LogP contribution in [0.15, 0.2) is 24.3 Å². The highest BCUT2D eigenvalue weighted by atomic mass is 16.5. The van der Waals surface area contributed by atoms with Crippen molar-refractivity contribution in [2.45, 2.75) is 13.3 Å². The number of hydrogen-bond donors (Lipinski definition) is 2. The van der Waals surface area contributed by atoms with Gasteiger partial charge < -0.3 is 15.2 Å². The van der Waals surface area contributed by atoms with Crippen LogP contribution >= 0.6 is 0 Å². The van der Waals surface area contributed by atoms with Crippen molar-refractivity contribution < 1.29 is 19.4 Å². The van der Waals surface area contributed by atoms with Gasteiger partial charge in [-0.25, -0.2) is 4.79 Å². The Labute approximate surface area is 99.4 Å². The van der Waals surface area contributed by atoms with Crippen molar-refractivity contribution in [2.75, 3.05) is 18.5 Å². The van der Waals surface area contributed by atoms with E-state index in [1.807, 2.05) is 0 Å². The Bertz CT molecular complexity index is 386. The molecule has 0 atom stereocenters. The molecule has 0 spiro atoms. The fourth-order valence-electron chi connectivity index (χ4n) is 1.23. The molecule has 1 rings (SSSR count). The summed E-state index contributed by atoms with van der Waals surface area (Å²) in [4.78, 5) is 22.5. The number of rotatable bonds is 5. The van der Waals surface area contributed by atoms with Crippen LogP contribution in [0.1, 0.15) is 23.7 Å². The fraction of sp³-hybridized carbons (Fsp3) is 0.333. The predicted molar refractivity (Wildman–Crippen MR) is 62.7 cm³/mol. The van der Waals surface area contributed by atoms with Crippen LogP contribution in [0.3, 0.4) is 0 Å². The first kappa shape index (κ1) is 13.2. The standard InChI is InChI=1S/C12H15NO4/c1-2-17-12(16)9-3-5-10(6-4-9)13-11(15)7-8-14/h3-6,14H,2,7-8H2,1H3,(H,13,15). The van der Waals surface area contributed by atoms with Gasteiger partial charge in [-0.2, -0.15) is 0 Å². The van der Waals surface area contributed by atoms with E-state index in [0.29, 0.717) is 17.9 Å². The van der Waals surface area contributed by atoms with Crippen LogP contribution in [-0.2, 0) is 9.53 Å². The highest BCUT2D eigenvalue weighted by Crippen LogP contribution is 2.10. The van der Waals surface area contributed by atoms with Crippen molar-refractivity contribution in [2.24, 2.45) is 0 Å². The second kappa shape index (κ2) is 6.65. The number of esters is 1. The monoisotopic (exact) mass is 237 g/mol. The average Bonchev–Trinajstić information content (AvgIpc) is 2.30. The number of carbonyl (C=O) groups is 2. The Hall–Kier alpha value is -1.88. The van der Waals surface area contributed by atoms with Gasteiger partial charge in [0, 0.05) is 5.69 Å². The predicted octanol–water partition coefficient (Wildman–Crippen LogP) is 1.18. The number of hydrogen-bond acceptors (Lipinski definition) is 4. The lowest BCUT2D eigenvalue weighted by atomic mass is 10.2. The number of benzene rings is 1. The van der Waals surface area contributed by atoms with E-state index in [1.54, 1.807) is 31.2 Å². The lowest BCUT2D eigenvalue weighted by molar-refractivity contribution is -0.116. The largest absolute Gasteiger partial charge is 0.462 e. The summed E-state index contributed by atoms with van der Waals surface area (Å²) in [5.41, 5.74) is 1.02. The Balaban J connectivity index is 2.61. The van der Waals surface area contributed by atoms with Gasteiger partial charge >= 0.3 is 5.97 Å². The third kappa shape index (κ3) is 4.24. The van der Waals surface area contributed by atoms with Gasteiger partial charge in [0.2, 0.25) is 5.91 Å². The molecule has 92 valence electrons. The molecule has 0 bridgehead atoms. The smallest absolute Gasteiger partial charge is 0.338 e. The topological polar surface area (TPSA) is 75.6 Å². The summed E-state index contributed by atoms with van der Waals surface area (Å²) in [6.45, 7) is 1.88. The number of aliphatic hydroxyl groups is 1. The second-order valence-corrected chi connectivity index (χ2v) is 3.32. The molecule has 1 amide bonds. The van der Waals surface area contributed by atoms with Crippen LogP contribution in [0.25, 0.3) is 0 Å². The minimum Gasteiger partial charge on any atom is -0.462 e. The number of amides is 1. The molecule has 0 aliphatic carbocycles. The molecule has 0 aliphatic rings. The van der Waals surface area contributed by atoms with Crippen molar-refractivity contribution in [3.8, 4) is 0 Å². The molecule has 2 N–H and O–H groups in total. The highest BCUT2D eigenvalue weighted by molar-refractivity contribution is 5.93. The van der Waals surface area contributed by atoms with Gasteiger partial charge in [-0.1, -0.05) is 0 Å². The summed E-state index contributed by atoms with van der Waals surface area (Å²) in [5.74, 6) is -0.655. The maximum Gasteiger partial charge on any atom is 0.338 e. The maximum atomic E-state index is 11.3. The van der Waals surface area contributed by atoms with E-state index < -0.39 is 0 Å². The van der Waals surface area contributed by atoms with Gasteiger partial charge in [0.05, 0.1) is 25.2 Å². The minimum atomic E-state index is -0.388. The molecule has 0 fully saturated rings. The van der Waals surface area contributed by atoms with Crippen molar-refractivity contribution in [3.63, 3.8) is 0 Å². The molecule has 0 unspecified atom stereocenters. The summed E-state index contributed by atoms with van der Waals surface area (Å²) >= 11 is 0. The third-order valence-electron chi connectivity index (χ3n) is 2.02.